The van der Waals surface area contributed by atoms with E-state index < -0.39 is 23.9 Å². The van der Waals surface area contributed by atoms with Crippen LogP contribution in [0.5, 0.6) is 5.75 Å². The van der Waals surface area contributed by atoms with Crippen molar-refractivity contribution in [3.63, 3.8) is 0 Å². The van der Waals surface area contributed by atoms with Gasteiger partial charge in [-0.2, -0.15) is 0 Å². The highest BCUT2D eigenvalue weighted by atomic mass is 16.5. The van der Waals surface area contributed by atoms with E-state index in [2.05, 4.69) is 10.6 Å². The van der Waals surface area contributed by atoms with Gasteiger partial charge >= 0.3 is 11.9 Å². The molecule has 0 aliphatic rings. The number of carbonyl (C=O) groups excluding carboxylic acids is 3. The molecule has 0 heterocycles. The van der Waals surface area contributed by atoms with Crippen LogP contribution in [0, 0.1) is 0 Å². The summed E-state index contributed by atoms with van der Waals surface area (Å²) in [5.74, 6) is -1.15. The molecule has 0 saturated heterocycles. The molecule has 1 aromatic carbocycles. The van der Waals surface area contributed by atoms with Crippen LogP contribution in [0.4, 0.5) is 5.69 Å². The Hall–Kier alpha value is -2.77. The fourth-order valence-electron chi connectivity index (χ4n) is 2.42. The number of methoxy groups -OCH3 is 1. The highest BCUT2D eigenvalue weighted by Gasteiger charge is 2.25. The molecule has 0 fully saturated rings. The Morgan fingerprint density at radius 3 is 2.37 bits per heavy atom. The summed E-state index contributed by atoms with van der Waals surface area (Å²) in [5.41, 5.74) is 1.10. The molecule has 0 unspecified atom stereocenters. The number of ether oxygens (including phenoxy) is 3. The van der Waals surface area contributed by atoms with Crippen LogP contribution in [0.1, 0.15) is 44.0 Å². The molecule has 1 aromatic rings. The standard InChI is InChI=1S/C19H28N2O6/c1-5-20-13-8-9-14(16(12-13)25-4)18(23)21-15(19(24)27-7-3)10-11-17(22)26-6-2/h8-9,12,15,20H,5-7,10-11H2,1-4H3,(H,21,23)/t15-/m0/s1. The van der Waals surface area contributed by atoms with Crippen molar-refractivity contribution in [3.8, 4) is 5.75 Å². The predicted molar refractivity (Wildman–Crippen MR) is 101 cm³/mol. The molecular weight excluding hydrogens is 352 g/mol. The minimum atomic E-state index is -0.958. The molecule has 0 bridgehead atoms. The number of hydrogen-bond acceptors (Lipinski definition) is 7. The largest absolute Gasteiger partial charge is 0.496 e. The van der Waals surface area contributed by atoms with Crippen LogP contribution in [-0.4, -0.2) is 50.8 Å². The van der Waals surface area contributed by atoms with Gasteiger partial charge in [0.1, 0.15) is 11.8 Å². The number of benzene rings is 1. The van der Waals surface area contributed by atoms with Gasteiger partial charge in [-0.05, 0) is 39.3 Å². The van der Waals surface area contributed by atoms with Gasteiger partial charge in [0, 0.05) is 24.7 Å². The molecule has 1 atom stereocenters. The Morgan fingerprint density at radius 2 is 1.78 bits per heavy atom. The lowest BCUT2D eigenvalue weighted by molar-refractivity contribution is -0.146. The van der Waals surface area contributed by atoms with Gasteiger partial charge in [-0.1, -0.05) is 0 Å². The lowest BCUT2D eigenvalue weighted by Crippen LogP contribution is -2.42. The zero-order valence-corrected chi connectivity index (χ0v) is 16.3. The maximum atomic E-state index is 12.6. The molecule has 2 N–H and O–H groups in total. The van der Waals surface area contributed by atoms with Crippen LogP contribution in [-0.2, 0) is 19.1 Å². The summed E-state index contributed by atoms with van der Waals surface area (Å²) in [6, 6.07) is 4.11. The van der Waals surface area contributed by atoms with Crippen molar-refractivity contribution >= 4 is 23.5 Å². The van der Waals surface area contributed by atoms with E-state index in [4.69, 9.17) is 14.2 Å². The van der Waals surface area contributed by atoms with Crippen molar-refractivity contribution in [2.45, 2.75) is 39.7 Å². The quantitative estimate of drug-likeness (QED) is 0.567. The second-order valence-electron chi connectivity index (χ2n) is 5.57. The fourth-order valence-corrected chi connectivity index (χ4v) is 2.42. The summed E-state index contributed by atoms with van der Waals surface area (Å²) in [6.45, 7) is 6.49. The van der Waals surface area contributed by atoms with Crippen LogP contribution >= 0.6 is 0 Å². The third-order valence-corrected chi connectivity index (χ3v) is 3.65. The lowest BCUT2D eigenvalue weighted by Gasteiger charge is -2.18. The maximum absolute atomic E-state index is 12.6. The van der Waals surface area contributed by atoms with Gasteiger partial charge in [0.05, 0.1) is 25.9 Å². The van der Waals surface area contributed by atoms with Crippen LogP contribution in [0.15, 0.2) is 18.2 Å². The summed E-state index contributed by atoms with van der Waals surface area (Å²) in [5, 5.41) is 5.75. The Balaban J connectivity index is 2.91. The Labute approximate surface area is 159 Å². The van der Waals surface area contributed by atoms with E-state index in [0.29, 0.717) is 5.75 Å². The predicted octanol–water partition coefficient (Wildman–Crippen LogP) is 2.13. The van der Waals surface area contributed by atoms with Crippen molar-refractivity contribution in [2.24, 2.45) is 0 Å². The molecule has 150 valence electrons. The van der Waals surface area contributed by atoms with E-state index in [1.54, 1.807) is 32.0 Å². The van der Waals surface area contributed by atoms with Crippen LogP contribution in [0.25, 0.3) is 0 Å². The number of amides is 1. The lowest BCUT2D eigenvalue weighted by atomic mass is 10.1. The third kappa shape index (κ3) is 7.16. The topological polar surface area (TPSA) is 103 Å². The molecule has 0 aliphatic heterocycles. The van der Waals surface area contributed by atoms with E-state index in [-0.39, 0.29) is 31.6 Å². The minimum absolute atomic E-state index is 0.00586. The SMILES string of the molecule is CCNc1ccc(C(=O)N[C@@H](CCC(=O)OCC)C(=O)OCC)c(OC)c1. The molecule has 0 radical (unpaired) electrons. The number of rotatable bonds is 11. The molecule has 0 saturated carbocycles. The highest BCUT2D eigenvalue weighted by Crippen LogP contribution is 2.23. The first kappa shape index (κ1) is 22.3. The minimum Gasteiger partial charge on any atom is -0.496 e. The zero-order chi connectivity index (χ0) is 20.2. The first-order valence-electron chi connectivity index (χ1n) is 9.01. The third-order valence-electron chi connectivity index (χ3n) is 3.65. The molecular formula is C19H28N2O6. The highest BCUT2D eigenvalue weighted by molar-refractivity contribution is 5.99. The normalized spacial score (nSPS) is 11.3. The first-order valence-corrected chi connectivity index (χ1v) is 9.01. The van der Waals surface area contributed by atoms with Gasteiger partial charge in [0.2, 0.25) is 0 Å². The van der Waals surface area contributed by atoms with Crippen molar-refractivity contribution in [2.75, 3.05) is 32.2 Å². The van der Waals surface area contributed by atoms with E-state index in [9.17, 15) is 14.4 Å². The Kier molecular flexibility index (Phi) is 9.71. The molecule has 8 nitrogen and oxygen atoms in total. The van der Waals surface area contributed by atoms with Gasteiger partial charge in [0.25, 0.3) is 5.91 Å². The van der Waals surface area contributed by atoms with Crippen LogP contribution < -0.4 is 15.4 Å². The number of esters is 2. The molecule has 27 heavy (non-hydrogen) atoms. The van der Waals surface area contributed by atoms with Gasteiger partial charge in [-0.3, -0.25) is 9.59 Å². The number of anilines is 1. The number of nitrogens with one attached hydrogen (secondary N) is 2. The van der Waals surface area contributed by atoms with E-state index in [1.165, 1.54) is 7.11 Å². The van der Waals surface area contributed by atoms with Gasteiger partial charge in [-0.25, -0.2) is 4.79 Å². The monoisotopic (exact) mass is 380 g/mol. The van der Waals surface area contributed by atoms with Gasteiger partial charge in [-0.15, -0.1) is 0 Å². The second-order valence-corrected chi connectivity index (χ2v) is 5.57. The molecule has 1 rings (SSSR count). The average molecular weight is 380 g/mol. The molecule has 0 aromatic heterocycles. The average Bonchev–Trinajstić information content (AvgIpc) is 2.65. The maximum Gasteiger partial charge on any atom is 0.328 e. The van der Waals surface area contributed by atoms with E-state index in [1.807, 2.05) is 6.92 Å². The van der Waals surface area contributed by atoms with Crippen molar-refractivity contribution in [1.29, 1.82) is 0 Å². The number of hydrogen-bond donors (Lipinski definition) is 2. The first-order chi connectivity index (χ1) is 13.0. The van der Waals surface area contributed by atoms with Gasteiger partial charge < -0.3 is 24.8 Å². The van der Waals surface area contributed by atoms with E-state index >= 15 is 0 Å². The smallest absolute Gasteiger partial charge is 0.328 e. The molecule has 0 aliphatic carbocycles. The zero-order valence-electron chi connectivity index (χ0n) is 16.3. The summed E-state index contributed by atoms with van der Waals surface area (Å²) < 4.78 is 15.1. The van der Waals surface area contributed by atoms with Crippen molar-refractivity contribution < 1.29 is 28.6 Å². The molecule has 0 spiro atoms. The van der Waals surface area contributed by atoms with Crippen molar-refractivity contribution in [1.82, 2.24) is 5.32 Å². The summed E-state index contributed by atoms with van der Waals surface area (Å²) >= 11 is 0. The molecule has 8 heteroatoms. The number of carbonyl (C=O) groups is 3. The Bertz CT molecular complexity index is 647. The van der Waals surface area contributed by atoms with Gasteiger partial charge in [0.15, 0.2) is 0 Å². The van der Waals surface area contributed by atoms with Crippen LogP contribution in [0.3, 0.4) is 0 Å². The fraction of sp³-hybridized carbons (Fsp3) is 0.526. The summed E-state index contributed by atoms with van der Waals surface area (Å²) in [6.07, 6.45) is 0.0787. The van der Waals surface area contributed by atoms with Crippen LogP contribution in [0.2, 0.25) is 0 Å². The van der Waals surface area contributed by atoms with E-state index in [0.717, 1.165) is 12.2 Å². The Morgan fingerprint density at radius 1 is 1.07 bits per heavy atom. The summed E-state index contributed by atoms with van der Waals surface area (Å²) in [4.78, 5) is 36.4. The second kappa shape index (κ2) is 11.8. The summed E-state index contributed by atoms with van der Waals surface area (Å²) in [7, 11) is 1.46. The molecule has 1 amide bonds. The van der Waals surface area contributed by atoms with Crippen molar-refractivity contribution in [3.05, 3.63) is 23.8 Å².